The van der Waals surface area contributed by atoms with E-state index in [1.54, 1.807) is 30.5 Å². The Bertz CT molecular complexity index is 670. The van der Waals surface area contributed by atoms with Crippen LogP contribution in [0.15, 0.2) is 46.0 Å². The van der Waals surface area contributed by atoms with Crippen LogP contribution in [0.1, 0.15) is 5.56 Å². The average Bonchev–Trinajstić information content (AvgIpc) is 2.76. The molecule has 0 fully saturated rings. The van der Waals surface area contributed by atoms with Crippen molar-refractivity contribution in [2.75, 3.05) is 6.67 Å². The largest absolute Gasteiger partial charge is 0.270 e. The van der Waals surface area contributed by atoms with Crippen LogP contribution in [-0.4, -0.2) is 24.9 Å². The summed E-state index contributed by atoms with van der Waals surface area (Å²) in [6, 6.07) is 6.54. The number of nitrogens with zero attached hydrogens (tertiary/aromatic N) is 2. The Labute approximate surface area is 119 Å². The van der Waals surface area contributed by atoms with Crippen LogP contribution in [0.2, 0.25) is 0 Å². The van der Waals surface area contributed by atoms with Crippen molar-refractivity contribution >= 4 is 25.8 Å². The lowest BCUT2D eigenvalue weighted by molar-refractivity contribution is 0.427. The molecule has 0 saturated carbocycles. The van der Waals surface area contributed by atoms with Crippen molar-refractivity contribution in [1.82, 2.24) is 9.78 Å². The number of benzene rings is 1. The second-order valence-corrected chi connectivity index (χ2v) is 6.92. The molecule has 1 heterocycles. The second-order valence-electron chi connectivity index (χ2n) is 4.02. The number of hydrogen-bond donors (Lipinski definition) is 0. The van der Waals surface area contributed by atoms with Gasteiger partial charge in [-0.15, -0.1) is 0 Å². The Morgan fingerprint density at radius 1 is 1.37 bits per heavy atom. The highest BCUT2D eigenvalue weighted by Crippen LogP contribution is 2.20. The fourth-order valence-electron chi connectivity index (χ4n) is 1.65. The molecular weight excluding hydrogens is 335 g/mol. The quantitative estimate of drug-likeness (QED) is 0.835. The van der Waals surface area contributed by atoms with E-state index in [0.29, 0.717) is 10.0 Å². The maximum Gasteiger partial charge on any atom is 0.182 e. The number of aromatic nitrogens is 2. The molecule has 1 aromatic carbocycles. The summed E-state index contributed by atoms with van der Waals surface area (Å²) in [5.74, 6) is -0.143. The van der Waals surface area contributed by atoms with Gasteiger partial charge >= 0.3 is 0 Å². The Morgan fingerprint density at radius 2 is 2.16 bits per heavy atom. The van der Waals surface area contributed by atoms with Gasteiger partial charge in [0, 0.05) is 16.2 Å². The van der Waals surface area contributed by atoms with Crippen LogP contribution in [0.4, 0.5) is 4.39 Å². The van der Waals surface area contributed by atoms with Crippen molar-refractivity contribution in [1.29, 1.82) is 0 Å². The molecule has 1 aromatic heterocycles. The van der Waals surface area contributed by atoms with Crippen molar-refractivity contribution in [3.63, 3.8) is 0 Å². The van der Waals surface area contributed by atoms with Gasteiger partial charge in [-0.1, -0.05) is 22.0 Å². The number of sulfone groups is 1. The van der Waals surface area contributed by atoms with E-state index in [4.69, 9.17) is 0 Å². The van der Waals surface area contributed by atoms with E-state index in [1.165, 1.54) is 10.9 Å². The normalized spacial score (nSPS) is 11.7. The molecule has 0 atom stereocenters. The van der Waals surface area contributed by atoms with Gasteiger partial charge in [-0.05, 0) is 18.2 Å². The van der Waals surface area contributed by atoms with Crippen molar-refractivity contribution in [3.05, 3.63) is 46.7 Å². The number of hydrogen-bond acceptors (Lipinski definition) is 3. The van der Waals surface area contributed by atoms with Gasteiger partial charge in [0.2, 0.25) is 0 Å². The van der Waals surface area contributed by atoms with Crippen molar-refractivity contribution in [2.24, 2.45) is 0 Å². The molecule has 19 heavy (non-hydrogen) atoms. The molecule has 0 unspecified atom stereocenters. The summed E-state index contributed by atoms with van der Waals surface area (Å²) in [6.45, 7) is -0.392. The van der Waals surface area contributed by atoms with Crippen LogP contribution in [0.5, 0.6) is 0 Å². The predicted octanol–water partition coefficient (Wildman–Crippen LogP) is 2.59. The lowest BCUT2D eigenvalue weighted by Crippen LogP contribution is -2.04. The van der Waals surface area contributed by atoms with Gasteiger partial charge in [0.1, 0.15) is 6.67 Å². The van der Waals surface area contributed by atoms with Crippen LogP contribution in [0, 0.1) is 0 Å². The molecule has 0 bridgehead atoms. The maximum absolute atomic E-state index is 12.2. The van der Waals surface area contributed by atoms with Crippen LogP contribution >= 0.6 is 15.9 Å². The number of aryl methyl sites for hydroxylation is 1. The predicted molar refractivity (Wildman–Crippen MR) is 73.2 cm³/mol. The molecule has 0 aliphatic heterocycles. The molecule has 4 nitrogen and oxygen atoms in total. The first-order valence-electron chi connectivity index (χ1n) is 5.57. The number of rotatable bonds is 5. The Hall–Kier alpha value is -1.21. The first-order chi connectivity index (χ1) is 9.01. The SMILES string of the molecule is O=S(=O)(Cc1cnn(CCF)c1)c1cccc(Br)c1. The standard InChI is InChI=1S/C12H12BrFN2O2S/c13-11-2-1-3-12(6-11)19(17,18)9-10-7-15-16(8-10)5-4-14/h1-3,6-8H,4-5,9H2. The van der Waals surface area contributed by atoms with Gasteiger partial charge in [-0.3, -0.25) is 4.68 Å². The zero-order valence-electron chi connectivity index (χ0n) is 9.96. The Morgan fingerprint density at radius 3 is 2.84 bits per heavy atom. The van der Waals surface area contributed by atoms with Gasteiger partial charge in [-0.25, -0.2) is 12.8 Å². The summed E-state index contributed by atoms with van der Waals surface area (Å²) < 4.78 is 38.6. The number of alkyl halides is 1. The van der Waals surface area contributed by atoms with Gasteiger partial charge in [0.15, 0.2) is 9.84 Å². The van der Waals surface area contributed by atoms with E-state index in [0.717, 1.165) is 0 Å². The Kier molecular flexibility index (Phi) is 4.36. The van der Waals surface area contributed by atoms with E-state index in [9.17, 15) is 12.8 Å². The molecule has 0 saturated heterocycles. The third kappa shape index (κ3) is 3.63. The van der Waals surface area contributed by atoms with Crippen molar-refractivity contribution in [2.45, 2.75) is 17.2 Å². The van der Waals surface area contributed by atoms with Gasteiger partial charge in [0.05, 0.1) is 23.4 Å². The molecular formula is C12H12BrFN2O2S. The topological polar surface area (TPSA) is 52.0 Å². The lowest BCUT2D eigenvalue weighted by Gasteiger charge is -2.03. The minimum atomic E-state index is -3.41. The molecule has 0 radical (unpaired) electrons. The molecule has 0 N–H and O–H groups in total. The fraction of sp³-hybridized carbons (Fsp3) is 0.250. The van der Waals surface area contributed by atoms with E-state index >= 15 is 0 Å². The monoisotopic (exact) mass is 346 g/mol. The molecule has 0 spiro atoms. The summed E-state index contributed by atoms with van der Waals surface area (Å²) in [7, 11) is -3.41. The van der Waals surface area contributed by atoms with Gasteiger partial charge < -0.3 is 0 Å². The van der Waals surface area contributed by atoms with E-state index in [-0.39, 0.29) is 17.2 Å². The smallest absolute Gasteiger partial charge is 0.182 e. The highest BCUT2D eigenvalue weighted by molar-refractivity contribution is 9.10. The minimum absolute atomic E-state index is 0.136. The molecule has 7 heteroatoms. The van der Waals surface area contributed by atoms with Crippen LogP contribution in [-0.2, 0) is 22.1 Å². The molecule has 102 valence electrons. The third-order valence-corrected chi connectivity index (χ3v) is 4.69. The molecule has 2 rings (SSSR count). The van der Waals surface area contributed by atoms with E-state index in [2.05, 4.69) is 21.0 Å². The van der Waals surface area contributed by atoms with Gasteiger partial charge in [-0.2, -0.15) is 5.10 Å². The van der Waals surface area contributed by atoms with Crippen LogP contribution < -0.4 is 0 Å². The van der Waals surface area contributed by atoms with Gasteiger partial charge in [0.25, 0.3) is 0 Å². The molecule has 0 aliphatic rings. The second kappa shape index (κ2) is 5.83. The van der Waals surface area contributed by atoms with E-state index < -0.39 is 16.5 Å². The third-order valence-electron chi connectivity index (χ3n) is 2.51. The summed E-state index contributed by atoms with van der Waals surface area (Å²) >= 11 is 3.24. The highest BCUT2D eigenvalue weighted by Gasteiger charge is 2.16. The van der Waals surface area contributed by atoms with Crippen LogP contribution in [0.25, 0.3) is 0 Å². The number of halogens is 2. The summed E-state index contributed by atoms with van der Waals surface area (Å²) in [5, 5.41) is 3.90. The lowest BCUT2D eigenvalue weighted by atomic mass is 10.4. The first-order valence-corrected chi connectivity index (χ1v) is 8.01. The zero-order valence-corrected chi connectivity index (χ0v) is 12.4. The minimum Gasteiger partial charge on any atom is -0.270 e. The zero-order chi connectivity index (χ0) is 13.9. The molecule has 0 amide bonds. The Balaban J connectivity index is 2.21. The first kappa shape index (κ1) is 14.2. The summed E-state index contributed by atoms with van der Waals surface area (Å²) in [4.78, 5) is 0.250. The van der Waals surface area contributed by atoms with Crippen molar-refractivity contribution < 1.29 is 12.8 Å². The highest BCUT2D eigenvalue weighted by atomic mass is 79.9. The summed E-state index contributed by atoms with van der Waals surface area (Å²) in [6.07, 6.45) is 3.00. The molecule has 0 aliphatic carbocycles. The molecule has 2 aromatic rings. The average molecular weight is 347 g/mol. The van der Waals surface area contributed by atoms with E-state index in [1.807, 2.05) is 0 Å². The summed E-state index contributed by atoms with van der Waals surface area (Å²) in [5.41, 5.74) is 0.549. The van der Waals surface area contributed by atoms with Crippen molar-refractivity contribution in [3.8, 4) is 0 Å². The maximum atomic E-state index is 12.2. The van der Waals surface area contributed by atoms with Crippen LogP contribution in [0.3, 0.4) is 0 Å². The fourth-order valence-corrected chi connectivity index (χ4v) is 3.55.